The molecule has 5 rings (SSSR count). The minimum absolute atomic E-state index is 0.133. The highest BCUT2D eigenvalue weighted by Gasteiger charge is 2.15. The molecule has 8 nitrogen and oxygen atoms in total. The summed E-state index contributed by atoms with van der Waals surface area (Å²) in [5.74, 6) is -0.721. The van der Waals surface area contributed by atoms with Gasteiger partial charge in [0.2, 0.25) is 0 Å². The number of benzene rings is 5. The number of esters is 1. The van der Waals surface area contributed by atoms with Crippen LogP contribution < -0.4 is 14.9 Å². The number of hydrogen-bond acceptors (Lipinski definition) is 6. The lowest BCUT2D eigenvalue weighted by molar-refractivity contribution is 0.0734. The molecule has 0 bridgehead atoms. The van der Waals surface area contributed by atoms with Gasteiger partial charge in [0.25, 0.3) is 15.9 Å². The quantitative estimate of drug-likeness (QED) is 0.105. The molecule has 9 heteroatoms. The molecule has 0 unspecified atom stereocenters. The minimum atomic E-state index is -3.75. The van der Waals surface area contributed by atoms with Crippen LogP contribution in [0.15, 0.2) is 125 Å². The summed E-state index contributed by atoms with van der Waals surface area (Å²) in [6.45, 7) is 1.93. The predicted molar refractivity (Wildman–Crippen MR) is 159 cm³/mol. The molecule has 0 saturated heterocycles. The van der Waals surface area contributed by atoms with E-state index in [0.29, 0.717) is 22.6 Å². The molecule has 0 aromatic heterocycles. The van der Waals surface area contributed by atoms with Gasteiger partial charge in [-0.2, -0.15) is 5.10 Å². The van der Waals surface area contributed by atoms with Crippen molar-refractivity contribution >= 4 is 44.6 Å². The van der Waals surface area contributed by atoms with Crippen LogP contribution in [0.2, 0.25) is 0 Å². The summed E-state index contributed by atoms with van der Waals surface area (Å²) in [6.07, 6.45) is 1.43. The van der Waals surface area contributed by atoms with Crippen LogP contribution in [0, 0.1) is 6.92 Å². The summed E-state index contributed by atoms with van der Waals surface area (Å²) in [5, 5.41) is 5.81. The normalized spacial score (nSPS) is 11.3. The van der Waals surface area contributed by atoms with Crippen LogP contribution in [0.5, 0.6) is 5.75 Å². The van der Waals surface area contributed by atoms with E-state index in [1.165, 1.54) is 42.6 Å². The first-order valence-electron chi connectivity index (χ1n) is 12.6. The number of fused-ring (bicyclic) bond motifs is 1. The number of rotatable bonds is 8. The van der Waals surface area contributed by atoms with Crippen molar-refractivity contribution in [1.82, 2.24) is 5.43 Å². The van der Waals surface area contributed by atoms with Crippen LogP contribution in [0.3, 0.4) is 0 Å². The standard InChI is InChI=1S/C32H25N3O5S/c1-22-11-13-25(14-12-22)32(37)40-30-20-17-23-7-5-6-10-28(23)29(30)21-33-34-31(36)24-15-18-26(19-16-24)35-41(38,39)27-8-3-2-4-9-27/h2-21,35H,1H3,(H,34,36)/b33-21+. The van der Waals surface area contributed by atoms with Crippen LogP contribution in [0.25, 0.3) is 10.8 Å². The number of hydrogen-bond donors (Lipinski definition) is 2. The molecule has 204 valence electrons. The average Bonchev–Trinajstić information content (AvgIpc) is 2.99. The fourth-order valence-electron chi connectivity index (χ4n) is 4.07. The maximum atomic E-state index is 12.8. The van der Waals surface area contributed by atoms with E-state index in [4.69, 9.17) is 4.74 Å². The highest BCUT2D eigenvalue weighted by molar-refractivity contribution is 7.92. The third kappa shape index (κ3) is 6.48. The molecular weight excluding hydrogens is 538 g/mol. The Hall–Kier alpha value is -5.28. The van der Waals surface area contributed by atoms with Crippen LogP contribution >= 0.6 is 0 Å². The zero-order valence-electron chi connectivity index (χ0n) is 21.9. The SMILES string of the molecule is Cc1ccc(C(=O)Oc2ccc3ccccc3c2/C=N/NC(=O)c2ccc(NS(=O)(=O)c3ccccc3)cc2)cc1. The van der Waals surface area contributed by atoms with E-state index in [1.807, 2.05) is 49.4 Å². The van der Waals surface area contributed by atoms with Gasteiger partial charge < -0.3 is 4.74 Å². The van der Waals surface area contributed by atoms with Gasteiger partial charge in [-0.1, -0.05) is 66.2 Å². The Morgan fingerprint density at radius 2 is 1.41 bits per heavy atom. The lowest BCUT2D eigenvalue weighted by atomic mass is 10.0. The molecule has 0 atom stereocenters. The van der Waals surface area contributed by atoms with Gasteiger partial charge in [0, 0.05) is 16.8 Å². The molecule has 41 heavy (non-hydrogen) atoms. The van der Waals surface area contributed by atoms with Gasteiger partial charge in [-0.3, -0.25) is 9.52 Å². The largest absolute Gasteiger partial charge is 0.422 e. The molecule has 0 radical (unpaired) electrons. The molecule has 0 spiro atoms. The zero-order valence-corrected chi connectivity index (χ0v) is 22.8. The van der Waals surface area contributed by atoms with Gasteiger partial charge in [-0.15, -0.1) is 0 Å². The first-order chi connectivity index (χ1) is 19.8. The molecule has 0 saturated carbocycles. The van der Waals surface area contributed by atoms with E-state index in [1.54, 1.807) is 36.4 Å². The fourth-order valence-corrected chi connectivity index (χ4v) is 5.15. The summed E-state index contributed by atoms with van der Waals surface area (Å²) in [4.78, 5) is 25.7. The molecule has 0 heterocycles. The Balaban J connectivity index is 1.31. The number of anilines is 1. The van der Waals surface area contributed by atoms with E-state index in [-0.39, 0.29) is 10.5 Å². The molecule has 1 amide bonds. The van der Waals surface area contributed by atoms with Crippen LogP contribution in [-0.4, -0.2) is 26.5 Å². The minimum Gasteiger partial charge on any atom is -0.422 e. The number of carbonyl (C=O) groups excluding carboxylic acids is 2. The summed E-state index contributed by atoms with van der Waals surface area (Å²) in [5.41, 5.74) is 5.02. The maximum absolute atomic E-state index is 12.8. The number of hydrazone groups is 1. The number of aryl methyl sites for hydroxylation is 1. The smallest absolute Gasteiger partial charge is 0.343 e. The fraction of sp³-hybridized carbons (Fsp3) is 0.0312. The molecular formula is C32H25N3O5S. The van der Waals surface area contributed by atoms with Gasteiger partial charge in [-0.25, -0.2) is 18.6 Å². The van der Waals surface area contributed by atoms with Gasteiger partial charge in [0.15, 0.2) is 0 Å². The van der Waals surface area contributed by atoms with E-state index in [9.17, 15) is 18.0 Å². The van der Waals surface area contributed by atoms with Crippen LogP contribution in [0.4, 0.5) is 5.69 Å². The number of nitrogens with one attached hydrogen (secondary N) is 2. The van der Waals surface area contributed by atoms with Gasteiger partial charge >= 0.3 is 5.97 Å². The summed E-state index contributed by atoms with van der Waals surface area (Å²) >= 11 is 0. The number of amides is 1. The zero-order chi connectivity index (χ0) is 28.8. The first-order valence-corrected chi connectivity index (χ1v) is 14.1. The van der Waals surface area contributed by atoms with Crippen molar-refractivity contribution in [1.29, 1.82) is 0 Å². The highest BCUT2D eigenvalue weighted by Crippen LogP contribution is 2.27. The summed E-state index contributed by atoms with van der Waals surface area (Å²) < 4.78 is 33.3. The Labute approximate surface area is 237 Å². The van der Waals surface area contributed by atoms with Crippen molar-refractivity contribution in [2.75, 3.05) is 4.72 Å². The third-order valence-electron chi connectivity index (χ3n) is 6.23. The second-order valence-corrected chi connectivity index (χ2v) is 10.8. The van der Waals surface area contributed by atoms with Gasteiger partial charge in [0.05, 0.1) is 16.7 Å². The van der Waals surface area contributed by atoms with Crippen molar-refractivity contribution in [2.24, 2.45) is 5.10 Å². The summed E-state index contributed by atoms with van der Waals surface area (Å²) in [7, 11) is -3.75. The van der Waals surface area contributed by atoms with Gasteiger partial charge in [-0.05, 0) is 72.3 Å². The Kier molecular flexibility index (Phi) is 7.89. The second kappa shape index (κ2) is 11.8. The Bertz CT molecular complexity index is 1850. The molecule has 5 aromatic rings. The molecule has 0 fully saturated rings. The lowest BCUT2D eigenvalue weighted by Crippen LogP contribution is -2.18. The van der Waals surface area contributed by atoms with E-state index < -0.39 is 21.9 Å². The monoisotopic (exact) mass is 563 g/mol. The van der Waals surface area contributed by atoms with Crippen LogP contribution in [-0.2, 0) is 10.0 Å². The maximum Gasteiger partial charge on any atom is 0.343 e. The first kappa shape index (κ1) is 27.3. The molecule has 5 aromatic carbocycles. The molecule has 0 aliphatic carbocycles. The van der Waals surface area contributed by atoms with E-state index >= 15 is 0 Å². The van der Waals surface area contributed by atoms with Crippen molar-refractivity contribution in [3.05, 3.63) is 138 Å². The van der Waals surface area contributed by atoms with Crippen molar-refractivity contribution < 1.29 is 22.7 Å². The molecule has 0 aliphatic heterocycles. The number of carbonyl (C=O) groups is 2. The number of ether oxygens (including phenoxy) is 1. The van der Waals surface area contributed by atoms with Gasteiger partial charge in [0.1, 0.15) is 5.75 Å². The molecule has 2 N–H and O–H groups in total. The average molecular weight is 564 g/mol. The highest BCUT2D eigenvalue weighted by atomic mass is 32.2. The molecule has 0 aliphatic rings. The van der Waals surface area contributed by atoms with Crippen molar-refractivity contribution in [2.45, 2.75) is 11.8 Å². The topological polar surface area (TPSA) is 114 Å². The van der Waals surface area contributed by atoms with E-state index in [2.05, 4.69) is 15.2 Å². The van der Waals surface area contributed by atoms with Crippen LogP contribution in [0.1, 0.15) is 31.8 Å². The van der Waals surface area contributed by atoms with E-state index in [0.717, 1.165) is 16.3 Å². The number of nitrogens with zero attached hydrogens (tertiary/aromatic N) is 1. The predicted octanol–water partition coefficient (Wildman–Crippen LogP) is 5.93. The van der Waals surface area contributed by atoms with Crippen molar-refractivity contribution in [3.8, 4) is 5.75 Å². The Morgan fingerprint density at radius 3 is 2.15 bits per heavy atom. The second-order valence-electron chi connectivity index (χ2n) is 9.15. The Morgan fingerprint density at radius 1 is 0.756 bits per heavy atom. The van der Waals surface area contributed by atoms with Crippen molar-refractivity contribution in [3.63, 3.8) is 0 Å². The summed E-state index contributed by atoms with van der Waals surface area (Å²) in [6, 6.07) is 32.1. The lowest BCUT2D eigenvalue weighted by Gasteiger charge is -2.11. The third-order valence-corrected chi connectivity index (χ3v) is 7.63. The number of sulfonamides is 1.